The average molecular weight is 815 g/mol. The minimum absolute atomic E-state index is 0.0331. The Morgan fingerprint density at radius 1 is 1.14 bits per heavy atom. The van der Waals surface area contributed by atoms with Crippen molar-refractivity contribution < 1.29 is 33.7 Å². The monoisotopic (exact) mass is 814 g/mol. The van der Waals surface area contributed by atoms with Crippen molar-refractivity contribution in [1.29, 1.82) is 0 Å². The van der Waals surface area contributed by atoms with Crippen LogP contribution in [0.1, 0.15) is 97.8 Å². The Morgan fingerprint density at radius 2 is 1.95 bits per heavy atom. The summed E-state index contributed by atoms with van der Waals surface area (Å²) >= 11 is 0. The highest BCUT2D eigenvalue weighted by molar-refractivity contribution is 8.76. The molecule has 5 heterocycles. The first-order valence-corrected chi connectivity index (χ1v) is 24.2. The molecule has 5 N–H and O–H groups in total. The molecule has 0 aromatic carbocycles. The minimum Gasteiger partial charge on any atom is -0.462 e. The average Bonchev–Trinajstić information content (AvgIpc) is 3.79. The second-order valence-corrected chi connectivity index (χ2v) is 21.5. The van der Waals surface area contributed by atoms with Crippen LogP contribution >= 0.6 is 21.6 Å². The lowest BCUT2D eigenvalue weighted by molar-refractivity contribution is -0.230. The number of piperidine rings is 1. The van der Waals surface area contributed by atoms with E-state index in [1.165, 1.54) is 5.57 Å². The van der Waals surface area contributed by atoms with Crippen molar-refractivity contribution in [2.45, 2.75) is 133 Å². The fourth-order valence-electron chi connectivity index (χ4n) is 12.9. The zero-order valence-corrected chi connectivity index (χ0v) is 35.6. The summed E-state index contributed by atoms with van der Waals surface area (Å²) in [5.74, 6) is 2.18. The number of allylic oxidation sites excluding steroid dienone is 1. The molecule has 2 saturated carbocycles. The molecule has 3 aliphatic carbocycles. The molecule has 11 nitrogen and oxygen atoms in total. The Balaban J connectivity index is 1.15. The Labute approximate surface area is 341 Å². The van der Waals surface area contributed by atoms with Gasteiger partial charge in [0.25, 0.3) is 0 Å². The maximum atomic E-state index is 14.2. The van der Waals surface area contributed by atoms with Crippen LogP contribution in [0.15, 0.2) is 23.3 Å². The minimum atomic E-state index is -0.972. The van der Waals surface area contributed by atoms with Crippen molar-refractivity contribution in [3.63, 3.8) is 0 Å². The largest absolute Gasteiger partial charge is 0.462 e. The second-order valence-electron chi connectivity index (χ2n) is 19.0. The van der Waals surface area contributed by atoms with E-state index in [0.717, 1.165) is 69.5 Å². The summed E-state index contributed by atoms with van der Waals surface area (Å²) in [4.78, 5) is 44.0. The highest BCUT2D eigenvalue weighted by atomic mass is 33.1. The lowest BCUT2D eigenvalue weighted by Gasteiger charge is -2.57. The van der Waals surface area contributed by atoms with Gasteiger partial charge in [0.15, 0.2) is 0 Å². The molecule has 7 fully saturated rings. The first kappa shape index (κ1) is 41.1. The van der Waals surface area contributed by atoms with Crippen LogP contribution in [0.4, 0.5) is 0 Å². The van der Waals surface area contributed by atoms with Crippen LogP contribution < -0.4 is 16.4 Å². The number of esters is 2. The van der Waals surface area contributed by atoms with E-state index in [2.05, 4.69) is 28.5 Å². The van der Waals surface area contributed by atoms with Crippen molar-refractivity contribution in [3.8, 4) is 0 Å². The Bertz CT molecular complexity index is 1570. The SMILES string of the molecule is CC=C(C)C(=O)OC1(C)CC=C2CSSCC3C(CNC)CN3C(=O)CC3CNC(N)CC3C2C12CC1CC3CC(C4(CCO)CCCC4)C(=O)OC3CC1O2. The maximum Gasteiger partial charge on any atom is 0.334 e. The van der Waals surface area contributed by atoms with Crippen LogP contribution in [-0.2, 0) is 28.6 Å². The number of hydrogen-bond acceptors (Lipinski definition) is 12. The van der Waals surface area contributed by atoms with Crippen LogP contribution in [0.25, 0.3) is 0 Å². The number of rotatable bonds is 7. The van der Waals surface area contributed by atoms with Crippen LogP contribution in [0, 0.1) is 46.8 Å². The molecule has 8 aliphatic rings. The smallest absolute Gasteiger partial charge is 0.334 e. The fraction of sp³-hybridized carbons (Fsp3) is 0.837. The summed E-state index contributed by atoms with van der Waals surface area (Å²) in [6.07, 6.45) is 13.1. The quantitative estimate of drug-likeness (QED) is 0.119. The molecule has 13 unspecified atom stereocenters. The number of carbonyl (C=O) groups excluding carboxylic acids is 3. The highest BCUT2D eigenvalue weighted by Crippen LogP contribution is 2.63. The van der Waals surface area contributed by atoms with E-state index in [9.17, 15) is 19.5 Å². The summed E-state index contributed by atoms with van der Waals surface area (Å²) in [6, 6.07) is 0.231. The topological polar surface area (TPSA) is 152 Å². The molecule has 312 valence electrons. The Kier molecular flexibility index (Phi) is 12.1. The maximum absolute atomic E-state index is 14.2. The van der Waals surface area contributed by atoms with E-state index >= 15 is 0 Å². The third-order valence-electron chi connectivity index (χ3n) is 16.1. The first-order chi connectivity index (χ1) is 26.9. The van der Waals surface area contributed by atoms with E-state index in [-0.39, 0.29) is 89.8 Å². The van der Waals surface area contributed by atoms with E-state index in [1.54, 1.807) is 0 Å². The molecule has 56 heavy (non-hydrogen) atoms. The van der Waals surface area contributed by atoms with Crippen molar-refractivity contribution >= 4 is 39.4 Å². The van der Waals surface area contributed by atoms with Gasteiger partial charge in [0.1, 0.15) is 17.3 Å². The molecule has 13 heteroatoms. The van der Waals surface area contributed by atoms with E-state index in [1.807, 2.05) is 48.6 Å². The number of fused-ring (bicyclic) bond motifs is 7. The molecule has 13 atom stereocenters. The zero-order valence-electron chi connectivity index (χ0n) is 34.0. The van der Waals surface area contributed by atoms with Gasteiger partial charge in [0.2, 0.25) is 5.91 Å². The molecule has 8 rings (SSSR count). The molecule has 1 spiro atoms. The number of nitrogens with zero attached hydrogens (tertiary/aromatic N) is 1. The van der Waals surface area contributed by atoms with Gasteiger partial charge in [-0.15, -0.1) is 0 Å². The van der Waals surface area contributed by atoms with E-state index in [4.69, 9.17) is 19.9 Å². The lowest BCUT2D eigenvalue weighted by Crippen LogP contribution is -2.66. The third-order valence-corrected chi connectivity index (χ3v) is 18.4. The number of carbonyl (C=O) groups is 3. The van der Waals surface area contributed by atoms with Crippen molar-refractivity contribution in [3.05, 3.63) is 23.3 Å². The van der Waals surface area contributed by atoms with Gasteiger partial charge in [-0.05, 0) is 102 Å². The summed E-state index contributed by atoms with van der Waals surface area (Å²) in [7, 11) is 5.72. The number of ether oxygens (including phenoxy) is 3. The summed E-state index contributed by atoms with van der Waals surface area (Å²) < 4.78 is 20.8. The number of aliphatic hydroxyl groups excluding tert-OH is 1. The van der Waals surface area contributed by atoms with Crippen LogP contribution in [0.5, 0.6) is 0 Å². The van der Waals surface area contributed by atoms with Crippen LogP contribution in [0.2, 0.25) is 0 Å². The highest BCUT2D eigenvalue weighted by Gasteiger charge is 2.68. The molecule has 5 saturated heterocycles. The summed E-state index contributed by atoms with van der Waals surface area (Å²) in [5, 5.41) is 17.0. The summed E-state index contributed by atoms with van der Waals surface area (Å²) in [5.41, 5.74) is 6.68. The predicted octanol–water partition coefficient (Wildman–Crippen LogP) is 4.97. The second kappa shape index (κ2) is 16.4. The zero-order chi connectivity index (χ0) is 39.4. The molecule has 1 amide bonds. The molecule has 0 radical (unpaired) electrons. The van der Waals surface area contributed by atoms with Gasteiger partial charge in [-0.3, -0.25) is 9.59 Å². The van der Waals surface area contributed by atoms with Gasteiger partial charge < -0.3 is 40.6 Å². The van der Waals surface area contributed by atoms with Crippen LogP contribution in [-0.4, -0.2) is 108 Å². The molecule has 0 aromatic rings. The Hall–Kier alpha value is -1.61. The van der Waals surface area contributed by atoms with Gasteiger partial charge >= 0.3 is 11.9 Å². The number of aliphatic hydroxyl groups is 1. The Morgan fingerprint density at radius 3 is 2.70 bits per heavy atom. The predicted molar refractivity (Wildman–Crippen MR) is 219 cm³/mol. The molecule has 0 aromatic heterocycles. The molecular formula is C43H66N4O7S2. The van der Waals surface area contributed by atoms with E-state index in [0.29, 0.717) is 50.1 Å². The lowest BCUT2D eigenvalue weighted by atomic mass is 9.56. The molecular weight excluding hydrogens is 749 g/mol. The fourth-order valence-corrected chi connectivity index (χ4v) is 15.5. The number of nitrogens with one attached hydrogen (secondary N) is 2. The molecule has 5 aliphatic heterocycles. The number of amides is 1. The van der Waals surface area contributed by atoms with Crippen LogP contribution in [0.3, 0.4) is 0 Å². The summed E-state index contributed by atoms with van der Waals surface area (Å²) in [6.45, 7) is 8.21. The van der Waals surface area contributed by atoms with Gasteiger partial charge in [0.05, 0.1) is 18.2 Å². The standard InChI is InChI=1S/C43H66N4O7S2/c1-5-25(2)39(50)54-41(3)11-8-26-23-55-56-24-33-30(20-45-4)22-47(33)37(49)16-29-21-46-36(44)17-31(29)38(26)43(41)19-28-14-27-15-32(42(12-13-48)9-6-7-10-42)40(51)52-34(27)18-35(28)53-43/h5,8,27-36,38,45-46,48H,6-7,9-24,44H2,1-4H3. The number of nitrogens with two attached hydrogens (primary N) is 1. The van der Waals surface area contributed by atoms with Crippen molar-refractivity contribution in [2.24, 2.45) is 52.6 Å². The van der Waals surface area contributed by atoms with E-state index < -0.39 is 11.2 Å². The third kappa shape index (κ3) is 7.22. The first-order valence-electron chi connectivity index (χ1n) is 21.7. The molecule has 0 bridgehead atoms. The number of hydrogen-bond donors (Lipinski definition) is 4. The van der Waals surface area contributed by atoms with Crippen molar-refractivity contribution in [1.82, 2.24) is 15.5 Å². The van der Waals surface area contributed by atoms with Gasteiger partial charge in [-0.25, -0.2) is 4.79 Å². The van der Waals surface area contributed by atoms with Gasteiger partial charge in [-0.2, -0.15) is 0 Å². The van der Waals surface area contributed by atoms with Gasteiger partial charge in [-0.1, -0.05) is 52.2 Å². The van der Waals surface area contributed by atoms with Gasteiger partial charge in [0, 0.05) is 80.5 Å². The van der Waals surface area contributed by atoms with Crippen molar-refractivity contribution in [2.75, 3.05) is 44.8 Å². The normalized spacial score (nSPS) is 43.8.